The first-order chi connectivity index (χ1) is 11.0. The van der Waals surface area contributed by atoms with E-state index < -0.39 is 0 Å². The second-order valence-corrected chi connectivity index (χ2v) is 7.06. The van der Waals surface area contributed by atoms with Gasteiger partial charge in [-0.2, -0.15) is 0 Å². The Morgan fingerprint density at radius 2 is 2.13 bits per heavy atom. The molecule has 0 radical (unpaired) electrons. The lowest BCUT2D eigenvalue weighted by molar-refractivity contribution is -0.126. The number of benzene rings is 1. The van der Waals surface area contributed by atoms with Crippen LogP contribution in [0.4, 0.5) is 5.69 Å². The number of likely N-dealkylation sites (tertiary alicyclic amines) is 1. The highest BCUT2D eigenvalue weighted by atomic mass is 32.1. The average molecular weight is 334 g/mol. The minimum absolute atomic E-state index is 0.0270. The van der Waals surface area contributed by atoms with E-state index in [0.717, 1.165) is 37.2 Å². The maximum absolute atomic E-state index is 12.3. The van der Waals surface area contributed by atoms with Crippen LogP contribution in [0.15, 0.2) is 24.3 Å². The van der Waals surface area contributed by atoms with Crippen LogP contribution in [0.3, 0.4) is 0 Å². The van der Waals surface area contributed by atoms with Crippen LogP contribution < -0.4 is 10.6 Å². The minimum atomic E-state index is 0.0270. The summed E-state index contributed by atoms with van der Waals surface area (Å²) in [4.78, 5) is 14.4. The van der Waals surface area contributed by atoms with Crippen molar-refractivity contribution in [2.24, 2.45) is 11.8 Å². The number of hydrogen-bond donors (Lipinski definition) is 2. The number of nitrogens with one attached hydrogen (secondary N) is 2. The van der Waals surface area contributed by atoms with Crippen molar-refractivity contribution in [3.8, 4) is 0 Å². The highest BCUT2D eigenvalue weighted by Crippen LogP contribution is 2.19. The lowest BCUT2D eigenvalue weighted by Crippen LogP contribution is -2.47. The van der Waals surface area contributed by atoms with Crippen LogP contribution in [0.2, 0.25) is 0 Å². The Labute approximate surface area is 144 Å². The van der Waals surface area contributed by atoms with Crippen molar-refractivity contribution < 1.29 is 4.79 Å². The van der Waals surface area contributed by atoms with Crippen LogP contribution in [-0.2, 0) is 4.79 Å². The van der Waals surface area contributed by atoms with Gasteiger partial charge in [-0.15, -0.1) is 0 Å². The Hall–Kier alpha value is -1.62. The Morgan fingerprint density at radius 3 is 2.83 bits per heavy atom. The molecule has 1 aliphatic rings. The molecule has 1 heterocycles. The number of carbonyl (C=O) groups excluding carboxylic acids is 1. The molecule has 2 rings (SSSR count). The molecule has 0 saturated carbocycles. The molecule has 1 unspecified atom stereocenters. The van der Waals surface area contributed by atoms with Gasteiger partial charge in [-0.05, 0) is 49.5 Å². The number of piperidine rings is 1. The molecule has 0 bridgehead atoms. The summed E-state index contributed by atoms with van der Waals surface area (Å²) in [6.45, 7) is 8.61. The molecular formula is C18H27N3OS. The van der Waals surface area contributed by atoms with Gasteiger partial charge in [-0.1, -0.05) is 32.0 Å². The molecule has 4 nitrogen and oxygen atoms in total. The van der Waals surface area contributed by atoms with Gasteiger partial charge in [-0.3, -0.25) is 4.79 Å². The maximum atomic E-state index is 12.3. The van der Waals surface area contributed by atoms with Crippen LogP contribution in [0.25, 0.3) is 0 Å². The topological polar surface area (TPSA) is 44.4 Å². The van der Waals surface area contributed by atoms with E-state index in [-0.39, 0.29) is 11.8 Å². The first kappa shape index (κ1) is 17.7. The molecule has 1 atom stereocenters. The van der Waals surface area contributed by atoms with Crippen molar-refractivity contribution in [3.63, 3.8) is 0 Å². The van der Waals surface area contributed by atoms with Crippen molar-refractivity contribution in [3.05, 3.63) is 29.8 Å². The predicted molar refractivity (Wildman–Crippen MR) is 99.5 cm³/mol. The number of nitrogens with zero attached hydrogens (tertiary/aromatic N) is 1. The number of anilines is 1. The summed E-state index contributed by atoms with van der Waals surface area (Å²) in [7, 11) is 0. The van der Waals surface area contributed by atoms with Gasteiger partial charge in [-0.25, -0.2) is 0 Å². The summed E-state index contributed by atoms with van der Waals surface area (Å²) in [6.07, 6.45) is 1.93. The third-order valence-electron chi connectivity index (χ3n) is 4.15. The molecule has 23 heavy (non-hydrogen) atoms. The van der Waals surface area contributed by atoms with E-state index in [1.165, 1.54) is 0 Å². The van der Waals surface area contributed by atoms with E-state index in [4.69, 9.17) is 12.2 Å². The van der Waals surface area contributed by atoms with Crippen molar-refractivity contribution >= 4 is 28.9 Å². The molecular weight excluding hydrogens is 306 g/mol. The zero-order chi connectivity index (χ0) is 16.8. The lowest BCUT2D eigenvalue weighted by atomic mass is 9.97. The standard InChI is InChI=1S/C18H27N3OS/c1-13(2)11-19-17(22)15-8-6-10-21(12-15)18(23)20-16-9-5-4-7-14(16)3/h4-5,7,9,13,15H,6,8,10-12H2,1-3H3,(H,19,22)(H,20,23). The number of carbonyl (C=O) groups is 1. The monoisotopic (exact) mass is 333 g/mol. The first-order valence-corrected chi connectivity index (χ1v) is 8.77. The molecule has 1 fully saturated rings. The molecule has 0 aromatic heterocycles. The Bertz CT molecular complexity index is 559. The third-order valence-corrected chi connectivity index (χ3v) is 4.51. The normalized spacial score (nSPS) is 17.9. The second kappa shape index (κ2) is 8.29. The van der Waals surface area contributed by atoms with Gasteiger partial charge in [0.25, 0.3) is 0 Å². The smallest absolute Gasteiger partial charge is 0.224 e. The highest BCUT2D eigenvalue weighted by molar-refractivity contribution is 7.80. The van der Waals surface area contributed by atoms with Gasteiger partial charge < -0.3 is 15.5 Å². The zero-order valence-electron chi connectivity index (χ0n) is 14.3. The molecule has 1 saturated heterocycles. The average Bonchev–Trinajstić information content (AvgIpc) is 2.54. The van der Waals surface area contributed by atoms with Crippen molar-refractivity contribution in [2.75, 3.05) is 25.0 Å². The first-order valence-electron chi connectivity index (χ1n) is 8.36. The van der Waals surface area contributed by atoms with Gasteiger partial charge in [0.15, 0.2) is 5.11 Å². The molecule has 1 amide bonds. The quantitative estimate of drug-likeness (QED) is 0.831. The van der Waals surface area contributed by atoms with Crippen molar-refractivity contribution in [1.29, 1.82) is 0 Å². The van der Waals surface area contributed by atoms with Gasteiger partial charge in [0, 0.05) is 25.3 Å². The number of hydrogen-bond acceptors (Lipinski definition) is 2. The molecule has 1 aromatic rings. The van der Waals surface area contributed by atoms with E-state index in [9.17, 15) is 4.79 Å². The number of rotatable bonds is 4. The van der Waals surface area contributed by atoms with Crippen LogP contribution in [0.1, 0.15) is 32.3 Å². The second-order valence-electron chi connectivity index (χ2n) is 6.67. The van der Waals surface area contributed by atoms with Gasteiger partial charge >= 0.3 is 0 Å². The van der Waals surface area contributed by atoms with Crippen LogP contribution in [0.5, 0.6) is 0 Å². The van der Waals surface area contributed by atoms with E-state index in [1.54, 1.807) is 0 Å². The summed E-state index contributed by atoms with van der Waals surface area (Å²) in [5.41, 5.74) is 2.20. The number of amides is 1. The van der Waals surface area contributed by atoms with E-state index in [2.05, 4.69) is 42.4 Å². The van der Waals surface area contributed by atoms with E-state index in [0.29, 0.717) is 17.6 Å². The van der Waals surface area contributed by atoms with E-state index in [1.807, 2.05) is 18.2 Å². The summed E-state index contributed by atoms with van der Waals surface area (Å²) in [6, 6.07) is 8.09. The number of para-hydroxylation sites is 1. The molecule has 0 spiro atoms. The van der Waals surface area contributed by atoms with Crippen LogP contribution in [0, 0.1) is 18.8 Å². The number of thiocarbonyl (C=S) groups is 1. The third kappa shape index (κ3) is 5.20. The van der Waals surface area contributed by atoms with Crippen molar-refractivity contribution in [2.45, 2.75) is 33.6 Å². The minimum Gasteiger partial charge on any atom is -0.356 e. The maximum Gasteiger partial charge on any atom is 0.224 e. The fourth-order valence-corrected chi connectivity index (χ4v) is 3.01. The Balaban J connectivity index is 1.91. The molecule has 0 aliphatic carbocycles. The van der Waals surface area contributed by atoms with Gasteiger partial charge in [0.1, 0.15) is 0 Å². The van der Waals surface area contributed by atoms with Crippen LogP contribution in [-0.4, -0.2) is 35.6 Å². The highest BCUT2D eigenvalue weighted by Gasteiger charge is 2.27. The van der Waals surface area contributed by atoms with Crippen molar-refractivity contribution in [1.82, 2.24) is 10.2 Å². The van der Waals surface area contributed by atoms with Gasteiger partial charge in [0.05, 0.1) is 5.92 Å². The Morgan fingerprint density at radius 1 is 1.39 bits per heavy atom. The summed E-state index contributed by atoms with van der Waals surface area (Å²) in [5, 5.41) is 7.07. The zero-order valence-corrected chi connectivity index (χ0v) is 15.1. The molecule has 5 heteroatoms. The fourth-order valence-electron chi connectivity index (χ4n) is 2.73. The predicted octanol–water partition coefficient (Wildman–Crippen LogP) is 3.18. The fraction of sp³-hybridized carbons (Fsp3) is 0.556. The van der Waals surface area contributed by atoms with Gasteiger partial charge in [0.2, 0.25) is 5.91 Å². The van der Waals surface area contributed by atoms with Crippen LogP contribution >= 0.6 is 12.2 Å². The Kier molecular flexibility index (Phi) is 6.39. The number of aryl methyl sites for hydroxylation is 1. The summed E-state index contributed by atoms with van der Waals surface area (Å²) < 4.78 is 0. The molecule has 2 N–H and O–H groups in total. The lowest BCUT2D eigenvalue weighted by Gasteiger charge is -2.34. The molecule has 1 aromatic carbocycles. The SMILES string of the molecule is Cc1ccccc1NC(=S)N1CCCC(C(=O)NCC(C)C)C1. The summed E-state index contributed by atoms with van der Waals surface area (Å²) >= 11 is 5.54. The molecule has 126 valence electrons. The molecule has 1 aliphatic heterocycles. The largest absolute Gasteiger partial charge is 0.356 e. The summed E-state index contributed by atoms with van der Waals surface area (Å²) in [5.74, 6) is 0.656. The van der Waals surface area contributed by atoms with E-state index >= 15 is 0 Å².